The first-order valence-corrected chi connectivity index (χ1v) is 11.1. The van der Waals surface area contributed by atoms with Crippen molar-refractivity contribution in [3.8, 4) is 5.69 Å². The Morgan fingerprint density at radius 2 is 1.90 bits per heavy atom. The van der Waals surface area contributed by atoms with Crippen molar-refractivity contribution >= 4 is 10.0 Å². The Labute approximate surface area is 174 Å². The number of aromatic nitrogens is 3. The number of hydrogen-bond acceptors (Lipinski definition) is 5. The van der Waals surface area contributed by atoms with Gasteiger partial charge in [0.05, 0.1) is 11.4 Å². The van der Waals surface area contributed by atoms with Gasteiger partial charge in [-0.15, -0.1) is 5.10 Å². The van der Waals surface area contributed by atoms with E-state index >= 15 is 0 Å². The molecule has 0 saturated heterocycles. The number of hydrogen-bond donors (Lipinski definition) is 1. The van der Waals surface area contributed by atoms with Gasteiger partial charge in [0.1, 0.15) is 17.3 Å². The number of nitrogens with zero attached hydrogens (tertiary/aromatic N) is 4. The summed E-state index contributed by atoms with van der Waals surface area (Å²) in [5.41, 5.74) is 1.14. The summed E-state index contributed by atoms with van der Waals surface area (Å²) < 4.78 is 39.3. The van der Waals surface area contributed by atoms with Gasteiger partial charge in [0.15, 0.2) is 5.82 Å². The summed E-state index contributed by atoms with van der Waals surface area (Å²) in [6.45, 7) is 2.28. The molecule has 4 rings (SSSR count). The summed E-state index contributed by atoms with van der Waals surface area (Å²) in [7, 11) is -4.00. The van der Waals surface area contributed by atoms with Crippen LogP contribution in [-0.4, -0.2) is 41.2 Å². The van der Waals surface area contributed by atoms with E-state index in [0.29, 0.717) is 24.6 Å². The molecule has 0 radical (unpaired) electrons. The third-order valence-corrected chi connectivity index (χ3v) is 5.82. The Kier molecular flexibility index (Phi) is 5.76. The summed E-state index contributed by atoms with van der Waals surface area (Å²) in [4.78, 5) is 6.60. The van der Waals surface area contributed by atoms with Crippen LogP contribution < -0.4 is 5.14 Å². The van der Waals surface area contributed by atoms with Crippen molar-refractivity contribution in [2.45, 2.75) is 24.3 Å². The SMILES string of the molecule is NS(=O)(=O)c1ccc(-n2nc(CN3CC=CCC3)nc2Cc2ccccc2)c(F)c1. The van der Waals surface area contributed by atoms with Gasteiger partial charge in [-0.3, -0.25) is 4.90 Å². The lowest BCUT2D eigenvalue weighted by Crippen LogP contribution is -2.27. The molecule has 0 amide bonds. The highest BCUT2D eigenvalue weighted by Gasteiger charge is 2.19. The van der Waals surface area contributed by atoms with Crippen molar-refractivity contribution in [1.29, 1.82) is 0 Å². The molecule has 30 heavy (non-hydrogen) atoms. The maximum absolute atomic E-state index is 14.8. The molecule has 2 aromatic carbocycles. The minimum Gasteiger partial charge on any atom is -0.292 e. The van der Waals surface area contributed by atoms with Crippen LogP contribution in [0.5, 0.6) is 0 Å². The third-order valence-electron chi connectivity index (χ3n) is 4.91. The molecule has 7 nitrogen and oxygen atoms in total. The number of rotatable bonds is 6. The second kappa shape index (κ2) is 8.47. The normalized spacial score (nSPS) is 14.9. The number of halogens is 1. The molecule has 9 heteroatoms. The summed E-state index contributed by atoms with van der Waals surface area (Å²) >= 11 is 0. The van der Waals surface area contributed by atoms with Crippen LogP contribution in [0.25, 0.3) is 5.69 Å². The topological polar surface area (TPSA) is 94.1 Å². The highest BCUT2D eigenvalue weighted by molar-refractivity contribution is 7.89. The van der Waals surface area contributed by atoms with Crippen molar-refractivity contribution < 1.29 is 12.8 Å². The van der Waals surface area contributed by atoms with E-state index in [1.54, 1.807) is 0 Å². The van der Waals surface area contributed by atoms with Crippen molar-refractivity contribution in [3.05, 3.63) is 83.7 Å². The predicted octanol–water partition coefficient (Wildman–Crippen LogP) is 2.41. The molecule has 2 N–H and O–H groups in total. The molecular formula is C21H22FN5O2S. The molecule has 0 aliphatic carbocycles. The Hall–Kier alpha value is -2.88. The number of sulfonamides is 1. The molecular weight excluding hydrogens is 405 g/mol. The first kappa shape index (κ1) is 20.4. The number of benzene rings is 2. The first-order chi connectivity index (χ1) is 14.4. The zero-order chi connectivity index (χ0) is 21.1. The highest BCUT2D eigenvalue weighted by Crippen LogP contribution is 2.20. The lowest BCUT2D eigenvalue weighted by Gasteiger charge is -2.20. The van der Waals surface area contributed by atoms with Crippen LogP contribution in [0.3, 0.4) is 0 Å². The van der Waals surface area contributed by atoms with E-state index in [9.17, 15) is 12.8 Å². The lowest BCUT2D eigenvalue weighted by molar-refractivity contribution is 0.283. The quantitative estimate of drug-likeness (QED) is 0.610. The van der Waals surface area contributed by atoms with Crippen LogP contribution >= 0.6 is 0 Å². The average molecular weight is 428 g/mol. The van der Waals surface area contributed by atoms with Gasteiger partial charge in [-0.2, -0.15) is 0 Å². The molecule has 156 valence electrons. The fourth-order valence-electron chi connectivity index (χ4n) is 3.41. The van der Waals surface area contributed by atoms with Crippen LogP contribution in [0.1, 0.15) is 23.6 Å². The minimum atomic E-state index is -4.00. The second-order valence-electron chi connectivity index (χ2n) is 7.17. The van der Waals surface area contributed by atoms with Gasteiger partial charge < -0.3 is 0 Å². The van der Waals surface area contributed by atoms with Gasteiger partial charge in [-0.05, 0) is 30.2 Å². The summed E-state index contributed by atoms with van der Waals surface area (Å²) in [5.74, 6) is 0.436. The largest absolute Gasteiger partial charge is 0.292 e. The third kappa shape index (κ3) is 4.64. The molecule has 1 aliphatic rings. The van der Waals surface area contributed by atoms with E-state index in [0.717, 1.165) is 31.1 Å². The van der Waals surface area contributed by atoms with E-state index in [2.05, 4.69) is 27.1 Å². The average Bonchev–Trinajstić information content (AvgIpc) is 3.10. The zero-order valence-electron chi connectivity index (χ0n) is 16.3. The zero-order valence-corrected chi connectivity index (χ0v) is 17.1. The lowest BCUT2D eigenvalue weighted by atomic mass is 10.1. The Morgan fingerprint density at radius 3 is 2.57 bits per heavy atom. The van der Waals surface area contributed by atoms with E-state index in [4.69, 9.17) is 5.14 Å². The van der Waals surface area contributed by atoms with Crippen LogP contribution in [0.4, 0.5) is 4.39 Å². The van der Waals surface area contributed by atoms with Gasteiger partial charge in [0.25, 0.3) is 0 Å². The standard InChI is InChI=1S/C21H22FN5O2S/c22-18-14-17(30(23,28)29)9-10-19(18)27-21(13-16-7-3-1-4-8-16)24-20(25-27)15-26-11-5-2-6-12-26/h1-5,7-10,14H,6,11-13,15H2,(H2,23,28,29). The second-order valence-corrected chi connectivity index (χ2v) is 8.73. The summed E-state index contributed by atoms with van der Waals surface area (Å²) in [6.07, 6.45) is 5.69. The van der Waals surface area contributed by atoms with Crippen LogP contribution in [0, 0.1) is 5.82 Å². The van der Waals surface area contributed by atoms with E-state index < -0.39 is 15.8 Å². The van der Waals surface area contributed by atoms with Gasteiger partial charge in [-0.25, -0.2) is 27.6 Å². The monoisotopic (exact) mass is 427 g/mol. The molecule has 0 fully saturated rings. The molecule has 0 bridgehead atoms. The predicted molar refractivity (Wildman–Crippen MR) is 111 cm³/mol. The van der Waals surface area contributed by atoms with E-state index in [-0.39, 0.29) is 10.6 Å². The fraction of sp³-hybridized carbons (Fsp3) is 0.238. The fourth-order valence-corrected chi connectivity index (χ4v) is 3.94. The van der Waals surface area contributed by atoms with Gasteiger partial charge in [0.2, 0.25) is 10.0 Å². The number of primary sulfonamides is 1. The summed E-state index contributed by atoms with van der Waals surface area (Å²) in [5, 5.41) is 9.66. The van der Waals surface area contributed by atoms with Crippen molar-refractivity contribution in [3.63, 3.8) is 0 Å². The van der Waals surface area contributed by atoms with Crippen LogP contribution in [0.15, 0.2) is 65.6 Å². The minimum absolute atomic E-state index is 0.130. The molecule has 1 aliphatic heterocycles. The molecule has 0 atom stereocenters. The van der Waals surface area contributed by atoms with Crippen molar-refractivity contribution in [2.75, 3.05) is 13.1 Å². The van der Waals surface area contributed by atoms with Crippen LogP contribution in [0.2, 0.25) is 0 Å². The Morgan fingerprint density at radius 1 is 1.10 bits per heavy atom. The maximum Gasteiger partial charge on any atom is 0.238 e. The number of nitrogens with two attached hydrogens (primary N) is 1. The van der Waals surface area contributed by atoms with Crippen molar-refractivity contribution in [1.82, 2.24) is 19.7 Å². The molecule has 2 heterocycles. The van der Waals surface area contributed by atoms with Crippen molar-refractivity contribution in [2.24, 2.45) is 5.14 Å². The van der Waals surface area contributed by atoms with Gasteiger partial charge in [-0.1, -0.05) is 42.5 Å². The highest BCUT2D eigenvalue weighted by atomic mass is 32.2. The Bertz CT molecular complexity index is 1180. The van der Waals surface area contributed by atoms with Crippen LogP contribution in [-0.2, 0) is 23.0 Å². The molecule has 3 aromatic rings. The smallest absolute Gasteiger partial charge is 0.238 e. The van der Waals surface area contributed by atoms with E-state index in [1.807, 2.05) is 30.3 Å². The molecule has 0 saturated carbocycles. The van der Waals surface area contributed by atoms with Gasteiger partial charge in [0, 0.05) is 19.5 Å². The summed E-state index contributed by atoms with van der Waals surface area (Å²) in [6, 6.07) is 13.3. The van der Waals surface area contributed by atoms with E-state index in [1.165, 1.54) is 16.8 Å². The maximum atomic E-state index is 14.8. The first-order valence-electron chi connectivity index (χ1n) is 9.59. The molecule has 0 unspecified atom stereocenters. The van der Waals surface area contributed by atoms with Gasteiger partial charge >= 0.3 is 0 Å². The molecule has 1 aromatic heterocycles. The molecule has 0 spiro atoms. The Balaban J connectivity index is 1.72.